The van der Waals surface area contributed by atoms with Crippen molar-refractivity contribution in [2.75, 3.05) is 23.7 Å². The fourth-order valence-electron chi connectivity index (χ4n) is 2.45. The van der Waals surface area contributed by atoms with Crippen LogP contribution in [0.1, 0.15) is 45.2 Å². The fourth-order valence-corrected chi connectivity index (χ4v) is 3.55. The third-order valence-electron chi connectivity index (χ3n) is 3.96. The van der Waals surface area contributed by atoms with E-state index in [2.05, 4.69) is 61.7 Å². The zero-order valence-electron chi connectivity index (χ0n) is 12.4. The van der Waals surface area contributed by atoms with Crippen molar-refractivity contribution in [2.45, 2.75) is 44.4 Å². The molecule has 0 amide bonds. The first-order valence-electron chi connectivity index (χ1n) is 7.26. The van der Waals surface area contributed by atoms with E-state index in [1.54, 1.807) is 0 Å². The lowest BCUT2D eigenvalue weighted by Crippen LogP contribution is -2.26. The van der Waals surface area contributed by atoms with Crippen LogP contribution in [0.3, 0.4) is 0 Å². The van der Waals surface area contributed by atoms with Crippen molar-refractivity contribution in [3.05, 3.63) is 29.8 Å². The average Bonchev–Trinajstić information content (AvgIpc) is 2.59. The quantitative estimate of drug-likeness (QED) is 0.911. The van der Waals surface area contributed by atoms with Gasteiger partial charge in [0.15, 0.2) is 0 Å². The molecule has 0 bridgehead atoms. The Bertz CT molecular complexity index is 400. The number of nitrogens with zero attached hydrogens (tertiary/aromatic N) is 1. The highest BCUT2D eigenvalue weighted by atomic mass is 32.2. The lowest BCUT2D eigenvalue weighted by atomic mass is 10.0. The number of anilines is 1. The van der Waals surface area contributed by atoms with E-state index >= 15 is 0 Å². The second-order valence-electron chi connectivity index (χ2n) is 5.95. The van der Waals surface area contributed by atoms with E-state index in [0.717, 1.165) is 19.5 Å². The van der Waals surface area contributed by atoms with Crippen LogP contribution in [0, 0.1) is 0 Å². The van der Waals surface area contributed by atoms with Gasteiger partial charge in [-0.1, -0.05) is 32.9 Å². The number of nitrogens with two attached hydrogens (primary N) is 1. The van der Waals surface area contributed by atoms with Crippen LogP contribution < -0.4 is 10.6 Å². The van der Waals surface area contributed by atoms with Crippen molar-refractivity contribution in [1.82, 2.24) is 0 Å². The summed E-state index contributed by atoms with van der Waals surface area (Å²) in [6, 6.07) is 9.01. The zero-order valence-corrected chi connectivity index (χ0v) is 13.2. The minimum atomic E-state index is 0.174. The monoisotopic (exact) mass is 278 g/mol. The molecule has 0 radical (unpaired) electrons. The third-order valence-corrected chi connectivity index (χ3v) is 5.34. The van der Waals surface area contributed by atoms with Crippen LogP contribution in [-0.2, 0) is 0 Å². The normalized spacial score (nSPS) is 20.9. The highest BCUT2D eigenvalue weighted by molar-refractivity contribution is 8.00. The van der Waals surface area contributed by atoms with Gasteiger partial charge < -0.3 is 10.6 Å². The Labute approximate surface area is 121 Å². The van der Waals surface area contributed by atoms with Gasteiger partial charge >= 0.3 is 0 Å². The van der Waals surface area contributed by atoms with E-state index in [1.807, 2.05) is 0 Å². The first kappa shape index (κ1) is 14.7. The molecule has 0 spiro atoms. The maximum Gasteiger partial charge on any atom is 0.0366 e. The summed E-state index contributed by atoms with van der Waals surface area (Å²) >= 11 is 2.09. The molecule has 1 saturated heterocycles. The molecule has 106 valence electrons. The SMILES string of the molecule is CC[C@H](N)c1ccc(N2CCSC(C)(C)CC2)cc1. The predicted octanol–water partition coefficient (Wildman–Crippen LogP) is 3.82. The molecular weight excluding hydrogens is 252 g/mol. The summed E-state index contributed by atoms with van der Waals surface area (Å²) in [4.78, 5) is 2.50. The number of rotatable bonds is 3. The molecule has 0 unspecified atom stereocenters. The first-order chi connectivity index (χ1) is 9.02. The summed E-state index contributed by atoms with van der Waals surface area (Å²) in [5.41, 5.74) is 8.65. The minimum Gasteiger partial charge on any atom is -0.371 e. The topological polar surface area (TPSA) is 29.3 Å². The van der Waals surface area contributed by atoms with Crippen LogP contribution in [-0.4, -0.2) is 23.6 Å². The maximum atomic E-state index is 6.07. The number of hydrogen-bond acceptors (Lipinski definition) is 3. The Hall–Kier alpha value is -0.670. The van der Waals surface area contributed by atoms with Crippen LogP contribution in [0.2, 0.25) is 0 Å². The molecule has 0 saturated carbocycles. The van der Waals surface area contributed by atoms with Gasteiger partial charge in [0.2, 0.25) is 0 Å². The molecule has 1 aliphatic heterocycles. The predicted molar refractivity (Wildman–Crippen MR) is 87.0 cm³/mol. The largest absolute Gasteiger partial charge is 0.371 e. The van der Waals surface area contributed by atoms with Crippen molar-refractivity contribution < 1.29 is 0 Å². The molecule has 1 aromatic carbocycles. The molecule has 1 fully saturated rings. The highest BCUT2D eigenvalue weighted by Crippen LogP contribution is 2.32. The van der Waals surface area contributed by atoms with Gasteiger partial charge in [-0.3, -0.25) is 0 Å². The molecule has 2 N–H and O–H groups in total. The van der Waals surface area contributed by atoms with E-state index in [9.17, 15) is 0 Å². The van der Waals surface area contributed by atoms with Gasteiger partial charge in [-0.05, 0) is 30.5 Å². The lowest BCUT2D eigenvalue weighted by Gasteiger charge is -2.24. The second kappa shape index (κ2) is 6.19. The van der Waals surface area contributed by atoms with Crippen molar-refractivity contribution in [1.29, 1.82) is 0 Å². The van der Waals surface area contributed by atoms with E-state index in [4.69, 9.17) is 5.73 Å². The third kappa shape index (κ3) is 3.90. The summed E-state index contributed by atoms with van der Waals surface area (Å²) in [7, 11) is 0. The summed E-state index contributed by atoms with van der Waals surface area (Å²) < 4.78 is 0.416. The van der Waals surface area contributed by atoms with Gasteiger partial charge in [-0.2, -0.15) is 11.8 Å². The molecule has 19 heavy (non-hydrogen) atoms. The summed E-state index contributed by atoms with van der Waals surface area (Å²) in [5.74, 6) is 1.21. The molecule has 1 aliphatic rings. The second-order valence-corrected chi connectivity index (χ2v) is 7.75. The van der Waals surface area contributed by atoms with Crippen LogP contribution in [0.4, 0.5) is 5.69 Å². The number of benzene rings is 1. The molecule has 1 aromatic rings. The smallest absolute Gasteiger partial charge is 0.0366 e. The first-order valence-corrected chi connectivity index (χ1v) is 8.25. The van der Waals surface area contributed by atoms with Crippen molar-refractivity contribution >= 4 is 17.4 Å². The summed E-state index contributed by atoms with van der Waals surface area (Å²) in [6.07, 6.45) is 2.24. The molecular formula is C16H26N2S. The van der Waals surface area contributed by atoms with Gasteiger partial charge in [0.1, 0.15) is 0 Å². The molecule has 0 aliphatic carbocycles. The van der Waals surface area contributed by atoms with E-state index in [0.29, 0.717) is 4.75 Å². The van der Waals surface area contributed by atoms with E-state index < -0.39 is 0 Å². The molecule has 0 aromatic heterocycles. The van der Waals surface area contributed by atoms with Crippen LogP contribution in [0.25, 0.3) is 0 Å². The number of hydrogen-bond donors (Lipinski definition) is 1. The molecule has 1 heterocycles. The van der Waals surface area contributed by atoms with E-state index in [1.165, 1.54) is 23.4 Å². The van der Waals surface area contributed by atoms with Crippen molar-refractivity contribution in [3.63, 3.8) is 0 Å². The standard InChI is InChI=1S/C16H26N2S/c1-4-15(17)13-5-7-14(8-6-13)18-10-9-16(2,3)19-12-11-18/h5-8,15H,4,9-12,17H2,1-3H3/t15-/m0/s1. The average molecular weight is 278 g/mol. The fraction of sp³-hybridized carbons (Fsp3) is 0.625. The molecule has 2 nitrogen and oxygen atoms in total. The minimum absolute atomic E-state index is 0.174. The Morgan fingerprint density at radius 3 is 2.58 bits per heavy atom. The van der Waals surface area contributed by atoms with Crippen LogP contribution in [0.15, 0.2) is 24.3 Å². The zero-order chi connectivity index (χ0) is 13.9. The summed E-state index contributed by atoms with van der Waals surface area (Å²) in [5, 5.41) is 0. The highest BCUT2D eigenvalue weighted by Gasteiger charge is 2.23. The van der Waals surface area contributed by atoms with Crippen molar-refractivity contribution in [3.8, 4) is 0 Å². The van der Waals surface area contributed by atoms with Gasteiger partial charge in [0, 0.05) is 35.3 Å². The maximum absolute atomic E-state index is 6.07. The van der Waals surface area contributed by atoms with Gasteiger partial charge in [-0.15, -0.1) is 0 Å². The lowest BCUT2D eigenvalue weighted by molar-refractivity contribution is 0.637. The van der Waals surface area contributed by atoms with E-state index in [-0.39, 0.29) is 6.04 Å². The Morgan fingerprint density at radius 1 is 1.26 bits per heavy atom. The Morgan fingerprint density at radius 2 is 1.95 bits per heavy atom. The van der Waals surface area contributed by atoms with Gasteiger partial charge in [0.05, 0.1) is 0 Å². The Balaban J connectivity index is 2.05. The molecule has 3 heteroatoms. The van der Waals surface area contributed by atoms with Crippen LogP contribution >= 0.6 is 11.8 Å². The molecule has 1 atom stereocenters. The van der Waals surface area contributed by atoms with Gasteiger partial charge in [0.25, 0.3) is 0 Å². The van der Waals surface area contributed by atoms with Crippen LogP contribution in [0.5, 0.6) is 0 Å². The van der Waals surface area contributed by atoms with Crippen molar-refractivity contribution in [2.24, 2.45) is 5.73 Å². The summed E-state index contributed by atoms with van der Waals surface area (Å²) in [6.45, 7) is 9.13. The Kier molecular flexibility index (Phi) is 4.80. The molecule has 2 rings (SSSR count). The van der Waals surface area contributed by atoms with Gasteiger partial charge in [-0.25, -0.2) is 0 Å². The number of thioether (sulfide) groups is 1.